The molecule has 7 nitrogen and oxygen atoms in total. The largest absolute Gasteiger partial charge is 0.462 e. The minimum Gasteiger partial charge on any atom is -0.462 e. The Kier molecular flexibility index (Phi) is 8.82. The molecular weight excluding hydrogens is 470 g/mol. The molecule has 3 rings (SSSR count). The second-order valence-corrected chi connectivity index (χ2v) is 8.76. The maximum absolute atomic E-state index is 13.2. The lowest BCUT2D eigenvalue weighted by Crippen LogP contribution is -2.37. The van der Waals surface area contributed by atoms with Gasteiger partial charge in [0, 0.05) is 22.3 Å². The van der Waals surface area contributed by atoms with Crippen LogP contribution in [0.3, 0.4) is 0 Å². The summed E-state index contributed by atoms with van der Waals surface area (Å²) >= 11 is 6.49. The minimum absolute atomic E-state index is 0.121. The van der Waals surface area contributed by atoms with Gasteiger partial charge in [-0.05, 0) is 51.5 Å². The molecule has 0 N–H and O–H groups in total. The van der Waals surface area contributed by atoms with Gasteiger partial charge in [-0.25, -0.2) is 9.59 Å². The fourth-order valence-corrected chi connectivity index (χ4v) is 4.23. The average molecular weight is 498 g/mol. The number of ether oxygens (including phenoxy) is 3. The standard InChI is InChI=1S/C27H28ClNO6/c1-16(2)35-27(32)23-18(4)29-17(3)22(24(23)20-12-8-9-13-21(20)28)26(31)34-15-14-33-25(30)19-10-6-5-7-11-19/h5-13,16,23-24H,14-15H2,1-4H3. The van der Waals surface area contributed by atoms with Gasteiger partial charge in [0.2, 0.25) is 0 Å². The Morgan fingerprint density at radius 1 is 0.914 bits per heavy atom. The van der Waals surface area contributed by atoms with Crippen LogP contribution in [0.1, 0.15) is 49.5 Å². The number of benzene rings is 2. The summed E-state index contributed by atoms with van der Waals surface area (Å²) in [6.45, 7) is 6.64. The van der Waals surface area contributed by atoms with Crippen LogP contribution in [0.15, 0.2) is 70.9 Å². The lowest BCUT2D eigenvalue weighted by Gasteiger charge is -2.32. The van der Waals surface area contributed by atoms with E-state index in [1.54, 1.807) is 82.3 Å². The Morgan fingerprint density at radius 3 is 2.14 bits per heavy atom. The molecule has 0 saturated heterocycles. The molecule has 2 aromatic carbocycles. The van der Waals surface area contributed by atoms with Gasteiger partial charge in [0.25, 0.3) is 0 Å². The topological polar surface area (TPSA) is 91.3 Å². The highest BCUT2D eigenvalue weighted by Crippen LogP contribution is 2.42. The van der Waals surface area contributed by atoms with Crippen LogP contribution in [0.25, 0.3) is 0 Å². The summed E-state index contributed by atoms with van der Waals surface area (Å²) in [6.07, 6.45) is -0.344. The molecule has 35 heavy (non-hydrogen) atoms. The third-order valence-electron chi connectivity index (χ3n) is 5.45. The van der Waals surface area contributed by atoms with E-state index in [4.69, 9.17) is 25.8 Å². The van der Waals surface area contributed by atoms with E-state index in [0.717, 1.165) is 0 Å². The maximum Gasteiger partial charge on any atom is 0.338 e. The van der Waals surface area contributed by atoms with Crippen LogP contribution >= 0.6 is 11.6 Å². The predicted molar refractivity (Wildman–Crippen MR) is 132 cm³/mol. The van der Waals surface area contributed by atoms with Crippen molar-refractivity contribution in [1.29, 1.82) is 0 Å². The zero-order chi connectivity index (χ0) is 25.5. The average Bonchev–Trinajstić information content (AvgIpc) is 2.81. The SMILES string of the molecule is CC1=NC(C)=C(C(=O)OCCOC(=O)c2ccccc2)C(c2ccccc2Cl)C1C(=O)OC(C)C. The van der Waals surface area contributed by atoms with Crippen molar-refractivity contribution in [3.05, 3.63) is 82.0 Å². The lowest BCUT2D eigenvalue weighted by atomic mass is 9.75. The third kappa shape index (κ3) is 6.36. The molecule has 2 atom stereocenters. The van der Waals surface area contributed by atoms with E-state index < -0.39 is 29.7 Å². The quantitative estimate of drug-likeness (QED) is 0.285. The Morgan fingerprint density at radius 2 is 1.51 bits per heavy atom. The normalized spacial score (nSPS) is 17.6. The number of halogens is 1. The van der Waals surface area contributed by atoms with Crippen LogP contribution in [-0.2, 0) is 23.8 Å². The second kappa shape index (κ2) is 11.8. The molecule has 2 aromatic rings. The predicted octanol–water partition coefficient (Wildman–Crippen LogP) is 5.14. The summed E-state index contributed by atoms with van der Waals surface area (Å²) in [5.41, 5.74) is 2.15. The highest BCUT2D eigenvalue weighted by atomic mass is 35.5. The first kappa shape index (κ1) is 26.2. The zero-order valence-corrected chi connectivity index (χ0v) is 20.9. The van der Waals surface area contributed by atoms with Crippen molar-refractivity contribution in [1.82, 2.24) is 0 Å². The number of carbonyl (C=O) groups excluding carboxylic acids is 3. The van der Waals surface area contributed by atoms with Gasteiger partial charge in [-0.3, -0.25) is 9.79 Å². The molecule has 1 aliphatic rings. The molecule has 0 aromatic heterocycles. The smallest absolute Gasteiger partial charge is 0.338 e. The van der Waals surface area contributed by atoms with Gasteiger partial charge in [0.1, 0.15) is 19.1 Å². The Labute approximate surface area is 209 Å². The fourth-order valence-electron chi connectivity index (χ4n) is 3.98. The van der Waals surface area contributed by atoms with E-state index in [9.17, 15) is 14.4 Å². The Hall–Kier alpha value is -3.45. The number of carbonyl (C=O) groups is 3. The number of rotatable bonds is 8. The Bertz CT molecular complexity index is 1160. The van der Waals surface area contributed by atoms with Gasteiger partial charge in [0.05, 0.1) is 17.2 Å². The summed E-state index contributed by atoms with van der Waals surface area (Å²) < 4.78 is 16.1. The number of nitrogens with zero attached hydrogens (tertiary/aromatic N) is 1. The van der Waals surface area contributed by atoms with E-state index in [1.807, 2.05) is 0 Å². The van der Waals surface area contributed by atoms with Crippen LogP contribution in [0.2, 0.25) is 5.02 Å². The van der Waals surface area contributed by atoms with Crippen molar-refractivity contribution in [2.24, 2.45) is 10.9 Å². The molecule has 2 unspecified atom stereocenters. The maximum atomic E-state index is 13.2. The summed E-state index contributed by atoms with van der Waals surface area (Å²) in [7, 11) is 0. The van der Waals surface area contributed by atoms with Crippen LogP contribution in [0, 0.1) is 5.92 Å². The summed E-state index contributed by atoms with van der Waals surface area (Å²) in [6, 6.07) is 15.5. The van der Waals surface area contributed by atoms with Gasteiger partial charge in [0.15, 0.2) is 0 Å². The number of aliphatic imine (C=N–C) groups is 1. The number of allylic oxidation sites excluding steroid dienone is 1. The summed E-state index contributed by atoms with van der Waals surface area (Å²) in [4.78, 5) is 42.9. The van der Waals surface area contributed by atoms with Gasteiger partial charge in [-0.1, -0.05) is 48.0 Å². The van der Waals surface area contributed by atoms with E-state index >= 15 is 0 Å². The van der Waals surface area contributed by atoms with E-state index in [0.29, 0.717) is 27.6 Å². The second-order valence-electron chi connectivity index (χ2n) is 8.35. The van der Waals surface area contributed by atoms with Crippen LogP contribution in [0.4, 0.5) is 0 Å². The van der Waals surface area contributed by atoms with Gasteiger partial charge in [-0.15, -0.1) is 0 Å². The summed E-state index contributed by atoms with van der Waals surface area (Å²) in [5, 5.41) is 0.407. The first-order chi connectivity index (χ1) is 16.7. The molecule has 0 bridgehead atoms. The lowest BCUT2D eigenvalue weighted by molar-refractivity contribution is -0.150. The molecule has 1 heterocycles. The first-order valence-corrected chi connectivity index (χ1v) is 11.7. The molecule has 0 amide bonds. The van der Waals surface area contributed by atoms with Gasteiger partial charge >= 0.3 is 17.9 Å². The minimum atomic E-state index is -0.848. The number of esters is 3. The Balaban J connectivity index is 1.82. The van der Waals surface area contributed by atoms with Crippen molar-refractivity contribution in [2.75, 3.05) is 13.2 Å². The number of hydrogen-bond donors (Lipinski definition) is 0. The molecule has 0 aliphatic carbocycles. The van der Waals surface area contributed by atoms with E-state index in [1.165, 1.54) is 0 Å². The molecule has 184 valence electrons. The molecule has 1 aliphatic heterocycles. The third-order valence-corrected chi connectivity index (χ3v) is 5.80. The van der Waals surface area contributed by atoms with Gasteiger partial charge < -0.3 is 14.2 Å². The molecule has 8 heteroatoms. The molecule has 0 fully saturated rings. The van der Waals surface area contributed by atoms with Crippen LogP contribution in [0.5, 0.6) is 0 Å². The molecule has 0 saturated carbocycles. The highest BCUT2D eigenvalue weighted by molar-refractivity contribution is 6.31. The molecule has 0 radical (unpaired) electrons. The van der Waals surface area contributed by atoms with Gasteiger partial charge in [-0.2, -0.15) is 0 Å². The van der Waals surface area contributed by atoms with Crippen molar-refractivity contribution in [3.8, 4) is 0 Å². The zero-order valence-electron chi connectivity index (χ0n) is 20.1. The van der Waals surface area contributed by atoms with Crippen molar-refractivity contribution < 1.29 is 28.6 Å². The highest BCUT2D eigenvalue weighted by Gasteiger charge is 2.43. The number of hydrogen-bond acceptors (Lipinski definition) is 7. The van der Waals surface area contributed by atoms with Crippen molar-refractivity contribution in [2.45, 2.75) is 39.7 Å². The van der Waals surface area contributed by atoms with E-state index in [-0.39, 0.29) is 24.9 Å². The monoisotopic (exact) mass is 497 g/mol. The van der Waals surface area contributed by atoms with E-state index in [2.05, 4.69) is 4.99 Å². The van der Waals surface area contributed by atoms with Crippen molar-refractivity contribution in [3.63, 3.8) is 0 Å². The summed E-state index contributed by atoms with van der Waals surface area (Å²) in [5.74, 6) is -3.27. The fraction of sp³-hybridized carbons (Fsp3) is 0.333. The van der Waals surface area contributed by atoms with Crippen molar-refractivity contribution >= 4 is 35.2 Å². The molecular formula is C27H28ClNO6. The van der Waals surface area contributed by atoms with Crippen LogP contribution in [-0.4, -0.2) is 42.9 Å². The molecule has 0 spiro atoms. The first-order valence-electron chi connectivity index (χ1n) is 11.3. The van der Waals surface area contributed by atoms with Crippen LogP contribution < -0.4 is 0 Å².